The summed E-state index contributed by atoms with van der Waals surface area (Å²) in [5.41, 5.74) is 2.19. The molecule has 7 nitrogen and oxygen atoms in total. The molecule has 136 valence electrons. The van der Waals surface area contributed by atoms with Gasteiger partial charge in [-0.05, 0) is 39.0 Å². The van der Waals surface area contributed by atoms with Crippen molar-refractivity contribution in [3.63, 3.8) is 0 Å². The van der Waals surface area contributed by atoms with Gasteiger partial charge in [0.1, 0.15) is 17.8 Å². The van der Waals surface area contributed by atoms with Crippen LogP contribution < -0.4 is 5.32 Å². The third-order valence-corrected chi connectivity index (χ3v) is 4.27. The quantitative estimate of drug-likeness (QED) is 0.566. The van der Waals surface area contributed by atoms with Gasteiger partial charge >= 0.3 is 0 Å². The molecule has 0 saturated carbocycles. The number of anilines is 2. The number of hydrogen-bond donors (Lipinski definition) is 1. The van der Waals surface area contributed by atoms with Crippen LogP contribution in [-0.4, -0.2) is 29.7 Å². The third kappa shape index (κ3) is 3.33. The van der Waals surface area contributed by atoms with Gasteiger partial charge in [-0.1, -0.05) is 23.7 Å². The van der Waals surface area contributed by atoms with Crippen molar-refractivity contribution in [2.75, 3.05) is 5.32 Å². The molecular formula is C19H18ClN7. The van der Waals surface area contributed by atoms with Crippen molar-refractivity contribution in [1.29, 1.82) is 0 Å². The minimum atomic E-state index is -0.252. The number of nitrogens with zero attached hydrogens (tertiary/aromatic N) is 6. The van der Waals surface area contributed by atoms with E-state index >= 15 is 0 Å². The molecule has 0 unspecified atom stereocenters. The first-order valence-corrected chi connectivity index (χ1v) is 8.85. The van der Waals surface area contributed by atoms with Crippen molar-refractivity contribution in [3.05, 3.63) is 54.1 Å². The van der Waals surface area contributed by atoms with Crippen LogP contribution in [0.2, 0.25) is 5.02 Å². The maximum absolute atomic E-state index is 6.05. The molecule has 3 heterocycles. The summed E-state index contributed by atoms with van der Waals surface area (Å²) in [5.74, 6) is 1.06. The fourth-order valence-electron chi connectivity index (χ4n) is 2.79. The van der Waals surface area contributed by atoms with Gasteiger partial charge in [-0.25, -0.2) is 24.6 Å². The molecule has 0 aliphatic heterocycles. The Bertz CT molecular complexity index is 1080. The minimum Gasteiger partial charge on any atom is -0.308 e. The Morgan fingerprint density at radius 3 is 2.33 bits per heavy atom. The molecule has 0 amide bonds. The highest BCUT2D eigenvalue weighted by atomic mass is 35.5. The highest BCUT2D eigenvalue weighted by molar-refractivity contribution is 6.30. The van der Waals surface area contributed by atoms with Crippen LogP contribution >= 0.6 is 11.6 Å². The molecule has 27 heavy (non-hydrogen) atoms. The summed E-state index contributed by atoms with van der Waals surface area (Å²) in [6.45, 7) is 6.25. The van der Waals surface area contributed by atoms with Crippen molar-refractivity contribution < 1.29 is 0 Å². The summed E-state index contributed by atoms with van der Waals surface area (Å²) < 4.78 is 1.91. The number of nitrogens with one attached hydrogen (secondary N) is 1. The summed E-state index contributed by atoms with van der Waals surface area (Å²) in [5, 5.41) is 9.51. The molecule has 0 fully saturated rings. The monoisotopic (exact) mass is 379 g/mol. The zero-order valence-electron chi connectivity index (χ0n) is 15.2. The Balaban J connectivity index is 1.97. The Morgan fingerprint density at radius 2 is 1.67 bits per heavy atom. The van der Waals surface area contributed by atoms with Crippen LogP contribution in [0.15, 0.2) is 49.1 Å². The molecule has 0 radical (unpaired) electrons. The number of rotatable bonds is 3. The van der Waals surface area contributed by atoms with Crippen LogP contribution in [0.4, 0.5) is 11.8 Å². The van der Waals surface area contributed by atoms with Gasteiger partial charge in [0.15, 0.2) is 5.65 Å². The standard InChI is InChI=1S/C19H18ClN7/c1-19(2,3)27-17-14(15(26-27)12-5-7-13(20)8-6-12)16(23-11-24-17)25-18-21-9-4-10-22-18/h4-11H,1-3H3,(H,21,22,23,24,25). The molecule has 0 spiro atoms. The summed E-state index contributed by atoms with van der Waals surface area (Å²) >= 11 is 6.05. The van der Waals surface area contributed by atoms with Crippen LogP contribution in [0.1, 0.15) is 20.8 Å². The lowest BCUT2D eigenvalue weighted by Crippen LogP contribution is -2.23. The predicted molar refractivity (Wildman–Crippen MR) is 106 cm³/mol. The van der Waals surface area contributed by atoms with Gasteiger partial charge in [0.2, 0.25) is 5.95 Å². The zero-order chi connectivity index (χ0) is 19.0. The molecule has 0 bridgehead atoms. The largest absolute Gasteiger partial charge is 0.308 e. The smallest absolute Gasteiger partial charge is 0.228 e. The lowest BCUT2D eigenvalue weighted by molar-refractivity contribution is 0.367. The van der Waals surface area contributed by atoms with Gasteiger partial charge in [0, 0.05) is 23.0 Å². The first-order chi connectivity index (χ1) is 12.9. The second-order valence-electron chi connectivity index (χ2n) is 7.06. The van der Waals surface area contributed by atoms with Gasteiger partial charge in [-0.15, -0.1) is 0 Å². The normalized spacial score (nSPS) is 11.7. The van der Waals surface area contributed by atoms with E-state index in [-0.39, 0.29) is 5.54 Å². The SMILES string of the molecule is CC(C)(C)n1nc(-c2ccc(Cl)cc2)c2c(Nc3ncccn3)ncnc21. The van der Waals surface area contributed by atoms with Gasteiger partial charge in [-0.2, -0.15) is 5.10 Å². The third-order valence-electron chi connectivity index (χ3n) is 4.01. The lowest BCUT2D eigenvalue weighted by atomic mass is 10.1. The van der Waals surface area contributed by atoms with Crippen LogP contribution in [0.5, 0.6) is 0 Å². The van der Waals surface area contributed by atoms with E-state index in [0.717, 1.165) is 22.3 Å². The molecule has 1 N–H and O–H groups in total. The fraction of sp³-hybridized carbons (Fsp3) is 0.211. The maximum atomic E-state index is 6.05. The van der Waals surface area contributed by atoms with Gasteiger partial charge in [0.25, 0.3) is 0 Å². The zero-order valence-corrected chi connectivity index (χ0v) is 15.9. The van der Waals surface area contributed by atoms with Crippen LogP contribution in [-0.2, 0) is 5.54 Å². The van der Waals surface area contributed by atoms with Gasteiger partial charge < -0.3 is 5.32 Å². The van der Waals surface area contributed by atoms with Crippen molar-refractivity contribution in [3.8, 4) is 11.3 Å². The molecule has 0 aliphatic rings. The lowest BCUT2D eigenvalue weighted by Gasteiger charge is -2.19. The second-order valence-corrected chi connectivity index (χ2v) is 7.49. The molecule has 4 aromatic rings. The van der Waals surface area contributed by atoms with E-state index in [1.807, 2.05) is 28.9 Å². The van der Waals surface area contributed by atoms with Gasteiger partial charge in [-0.3, -0.25) is 0 Å². The number of halogens is 1. The molecule has 8 heteroatoms. The van der Waals surface area contributed by atoms with E-state index in [1.54, 1.807) is 18.5 Å². The highest BCUT2D eigenvalue weighted by Gasteiger charge is 2.24. The highest BCUT2D eigenvalue weighted by Crippen LogP contribution is 2.35. The van der Waals surface area contributed by atoms with Crippen molar-refractivity contribution >= 4 is 34.4 Å². The van der Waals surface area contributed by atoms with E-state index in [4.69, 9.17) is 16.7 Å². The molecule has 0 aliphatic carbocycles. The van der Waals surface area contributed by atoms with E-state index in [0.29, 0.717) is 16.8 Å². The Labute approximate surface area is 161 Å². The van der Waals surface area contributed by atoms with E-state index < -0.39 is 0 Å². The fourth-order valence-corrected chi connectivity index (χ4v) is 2.92. The number of fused-ring (bicyclic) bond motifs is 1. The number of aromatic nitrogens is 6. The van der Waals surface area contributed by atoms with E-state index in [1.165, 1.54) is 6.33 Å². The van der Waals surface area contributed by atoms with Crippen LogP contribution in [0.25, 0.3) is 22.3 Å². The molecule has 1 aromatic carbocycles. The second kappa shape index (κ2) is 6.59. The first kappa shape index (κ1) is 17.4. The molecule has 3 aromatic heterocycles. The predicted octanol–water partition coefficient (Wildman–Crippen LogP) is 4.44. The average Bonchev–Trinajstić information content (AvgIpc) is 3.04. The topological polar surface area (TPSA) is 81.4 Å². The Hall–Kier alpha value is -3.06. The van der Waals surface area contributed by atoms with Crippen molar-refractivity contribution in [2.24, 2.45) is 0 Å². The Kier molecular flexibility index (Phi) is 4.24. The Morgan fingerprint density at radius 1 is 0.963 bits per heavy atom. The van der Waals surface area contributed by atoms with Crippen LogP contribution in [0.3, 0.4) is 0 Å². The van der Waals surface area contributed by atoms with Gasteiger partial charge in [0.05, 0.1) is 10.9 Å². The van der Waals surface area contributed by atoms with E-state index in [2.05, 4.69) is 46.0 Å². The molecule has 4 rings (SSSR count). The first-order valence-electron chi connectivity index (χ1n) is 8.48. The molecule has 0 atom stereocenters. The maximum Gasteiger partial charge on any atom is 0.228 e. The van der Waals surface area contributed by atoms with Crippen molar-refractivity contribution in [1.82, 2.24) is 29.7 Å². The van der Waals surface area contributed by atoms with Crippen LogP contribution in [0, 0.1) is 0 Å². The average molecular weight is 380 g/mol. The van der Waals surface area contributed by atoms with Crippen molar-refractivity contribution in [2.45, 2.75) is 26.3 Å². The summed E-state index contributed by atoms with van der Waals surface area (Å²) in [4.78, 5) is 17.4. The number of benzene rings is 1. The summed E-state index contributed by atoms with van der Waals surface area (Å²) in [6.07, 6.45) is 4.86. The molecular weight excluding hydrogens is 362 g/mol. The molecule has 0 saturated heterocycles. The van der Waals surface area contributed by atoms with E-state index in [9.17, 15) is 0 Å². The number of hydrogen-bond acceptors (Lipinski definition) is 6. The summed E-state index contributed by atoms with van der Waals surface area (Å²) in [6, 6.07) is 9.32. The summed E-state index contributed by atoms with van der Waals surface area (Å²) in [7, 11) is 0. The minimum absolute atomic E-state index is 0.252.